The van der Waals surface area contributed by atoms with Crippen LogP contribution in [0.3, 0.4) is 0 Å². The molecule has 0 bridgehead atoms. The molecule has 0 saturated carbocycles. The number of nitrogens with zero attached hydrogens (tertiary/aromatic N) is 2. The van der Waals surface area contributed by atoms with E-state index in [1.807, 2.05) is 43.3 Å². The van der Waals surface area contributed by atoms with Crippen LogP contribution in [0.15, 0.2) is 60.2 Å². The van der Waals surface area contributed by atoms with Gasteiger partial charge in [0.2, 0.25) is 0 Å². The minimum absolute atomic E-state index is 0.712. The second-order valence-electron chi connectivity index (χ2n) is 5.14. The molecule has 1 heterocycles. The molecule has 21 heavy (non-hydrogen) atoms. The van der Waals surface area contributed by atoms with Gasteiger partial charge in [0.15, 0.2) is 0 Å². The molecule has 2 heteroatoms. The quantitative estimate of drug-likeness (QED) is 0.617. The molecule has 0 aliphatic heterocycles. The van der Waals surface area contributed by atoms with Crippen molar-refractivity contribution in [1.29, 1.82) is 5.26 Å². The molecule has 0 saturated heterocycles. The van der Waals surface area contributed by atoms with Crippen molar-refractivity contribution in [3.05, 3.63) is 65.7 Å². The van der Waals surface area contributed by atoms with E-state index in [0.717, 1.165) is 16.8 Å². The number of benzene rings is 2. The molecule has 0 radical (unpaired) electrons. The van der Waals surface area contributed by atoms with E-state index >= 15 is 0 Å². The van der Waals surface area contributed by atoms with E-state index in [1.165, 1.54) is 10.9 Å². The zero-order valence-corrected chi connectivity index (χ0v) is 12.2. The average Bonchev–Trinajstić information content (AvgIpc) is 2.81. The lowest BCUT2D eigenvalue weighted by Crippen LogP contribution is -1.92. The van der Waals surface area contributed by atoms with Crippen molar-refractivity contribution >= 4 is 17.0 Å². The van der Waals surface area contributed by atoms with Crippen LogP contribution >= 0.6 is 0 Å². The second kappa shape index (κ2) is 5.30. The Labute approximate surface area is 124 Å². The highest BCUT2D eigenvalue weighted by molar-refractivity contribution is 5.98. The molecule has 1 aromatic heterocycles. The van der Waals surface area contributed by atoms with E-state index in [1.54, 1.807) is 0 Å². The van der Waals surface area contributed by atoms with Crippen LogP contribution in [0, 0.1) is 11.3 Å². The SMILES string of the molecule is CC(C#N)=Cc1c(-c2ccccc2)n(C)c2ccccc12. The Balaban J connectivity index is 2.40. The molecular weight excluding hydrogens is 256 g/mol. The summed E-state index contributed by atoms with van der Waals surface area (Å²) in [6.45, 7) is 1.84. The predicted octanol–water partition coefficient (Wildman–Crippen LogP) is 4.77. The van der Waals surface area contributed by atoms with Crippen LogP contribution in [-0.4, -0.2) is 4.57 Å². The van der Waals surface area contributed by atoms with E-state index in [0.29, 0.717) is 5.57 Å². The third-order valence-electron chi connectivity index (χ3n) is 3.73. The van der Waals surface area contributed by atoms with E-state index in [-0.39, 0.29) is 0 Å². The molecule has 0 amide bonds. The summed E-state index contributed by atoms with van der Waals surface area (Å²) < 4.78 is 2.20. The molecule has 0 N–H and O–H groups in total. The summed E-state index contributed by atoms with van der Waals surface area (Å²) >= 11 is 0. The number of aromatic nitrogens is 1. The fraction of sp³-hybridized carbons (Fsp3) is 0.105. The third-order valence-corrected chi connectivity index (χ3v) is 3.73. The van der Waals surface area contributed by atoms with Crippen molar-refractivity contribution in [2.24, 2.45) is 7.05 Å². The zero-order valence-electron chi connectivity index (χ0n) is 12.2. The van der Waals surface area contributed by atoms with Gasteiger partial charge in [-0.3, -0.25) is 0 Å². The number of nitriles is 1. The van der Waals surface area contributed by atoms with Gasteiger partial charge in [-0.25, -0.2) is 0 Å². The number of allylic oxidation sites excluding steroid dienone is 1. The van der Waals surface area contributed by atoms with Gasteiger partial charge < -0.3 is 4.57 Å². The number of hydrogen-bond donors (Lipinski definition) is 0. The van der Waals surface area contributed by atoms with Crippen LogP contribution in [0.25, 0.3) is 28.2 Å². The van der Waals surface area contributed by atoms with Crippen LogP contribution < -0.4 is 0 Å². The summed E-state index contributed by atoms with van der Waals surface area (Å²) in [6.07, 6.45) is 1.98. The zero-order chi connectivity index (χ0) is 14.8. The summed E-state index contributed by atoms with van der Waals surface area (Å²) in [4.78, 5) is 0. The van der Waals surface area contributed by atoms with Crippen LogP contribution in [0.1, 0.15) is 12.5 Å². The van der Waals surface area contributed by atoms with Gasteiger partial charge in [0, 0.05) is 29.1 Å². The smallest absolute Gasteiger partial charge is 0.0944 e. The van der Waals surface area contributed by atoms with Gasteiger partial charge in [0.1, 0.15) is 0 Å². The van der Waals surface area contributed by atoms with Gasteiger partial charge >= 0.3 is 0 Å². The number of aryl methyl sites for hydroxylation is 1. The second-order valence-corrected chi connectivity index (χ2v) is 5.14. The minimum atomic E-state index is 0.712. The molecule has 0 aliphatic rings. The van der Waals surface area contributed by atoms with Crippen molar-refractivity contribution in [2.45, 2.75) is 6.92 Å². The first-order chi connectivity index (χ1) is 10.2. The summed E-state index contributed by atoms with van der Waals surface area (Å²) in [6, 6.07) is 20.8. The largest absolute Gasteiger partial charge is 0.343 e. The van der Waals surface area contributed by atoms with E-state index < -0.39 is 0 Å². The minimum Gasteiger partial charge on any atom is -0.343 e. The number of fused-ring (bicyclic) bond motifs is 1. The third kappa shape index (κ3) is 2.23. The normalized spacial score (nSPS) is 11.6. The number of rotatable bonds is 2. The van der Waals surface area contributed by atoms with Crippen molar-refractivity contribution < 1.29 is 0 Å². The summed E-state index contributed by atoms with van der Waals surface area (Å²) in [5.74, 6) is 0. The molecule has 0 unspecified atom stereocenters. The molecule has 2 aromatic carbocycles. The van der Waals surface area contributed by atoms with Crippen LogP contribution in [0.2, 0.25) is 0 Å². The first kappa shape index (κ1) is 13.2. The molecule has 2 nitrogen and oxygen atoms in total. The first-order valence-electron chi connectivity index (χ1n) is 6.93. The average molecular weight is 272 g/mol. The van der Waals surface area contributed by atoms with Crippen LogP contribution in [0.4, 0.5) is 0 Å². The molecule has 102 valence electrons. The summed E-state index contributed by atoms with van der Waals surface area (Å²) in [5.41, 5.74) is 5.30. The fourth-order valence-electron chi connectivity index (χ4n) is 2.76. The lowest BCUT2D eigenvalue weighted by atomic mass is 10.0. The Morgan fingerprint density at radius 3 is 2.43 bits per heavy atom. The van der Waals surface area contributed by atoms with Crippen LogP contribution in [0.5, 0.6) is 0 Å². The van der Waals surface area contributed by atoms with Crippen molar-refractivity contribution in [3.63, 3.8) is 0 Å². The number of hydrogen-bond acceptors (Lipinski definition) is 1. The monoisotopic (exact) mass is 272 g/mol. The molecule has 0 atom stereocenters. The van der Waals surface area contributed by atoms with Crippen molar-refractivity contribution in [2.75, 3.05) is 0 Å². The van der Waals surface area contributed by atoms with E-state index in [4.69, 9.17) is 5.26 Å². The Bertz CT molecular complexity index is 862. The Morgan fingerprint density at radius 1 is 1.05 bits per heavy atom. The standard InChI is InChI=1S/C19H16N2/c1-14(13-20)12-17-16-10-6-7-11-18(16)21(2)19(17)15-8-4-3-5-9-15/h3-12H,1-2H3. The maximum Gasteiger partial charge on any atom is 0.0944 e. The highest BCUT2D eigenvalue weighted by Crippen LogP contribution is 2.34. The molecule has 0 spiro atoms. The molecule has 3 rings (SSSR count). The van der Waals surface area contributed by atoms with Gasteiger partial charge in [-0.1, -0.05) is 48.5 Å². The molecule has 0 aliphatic carbocycles. The van der Waals surface area contributed by atoms with Crippen LogP contribution in [-0.2, 0) is 7.05 Å². The fourth-order valence-corrected chi connectivity index (χ4v) is 2.76. The lowest BCUT2D eigenvalue weighted by Gasteiger charge is -2.06. The van der Waals surface area contributed by atoms with Crippen molar-refractivity contribution in [1.82, 2.24) is 4.57 Å². The van der Waals surface area contributed by atoms with Gasteiger partial charge in [-0.2, -0.15) is 5.26 Å². The maximum absolute atomic E-state index is 9.11. The molecule has 3 aromatic rings. The topological polar surface area (TPSA) is 28.7 Å². The van der Waals surface area contributed by atoms with Crippen molar-refractivity contribution in [3.8, 4) is 17.3 Å². The van der Waals surface area contributed by atoms with Gasteiger partial charge in [0.05, 0.1) is 11.8 Å². The van der Waals surface area contributed by atoms with Gasteiger partial charge in [0.25, 0.3) is 0 Å². The number of para-hydroxylation sites is 1. The Morgan fingerprint density at radius 2 is 1.71 bits per heavy atom. The summed E-state index contributed by atoms with van der Waals surface area (Å²) in [7, 11) is 2.07. The van der Waals surface area contributed by atoms with E-state index in [9.17, 15) is 0 Å². The van der Waals surface area contributed by atoms with Gasteiger partial charge in [-0.15, -0.1) is 0 Å². The first-order valence-corrected chi connectivity index (χ1v) is 6.93. The Kier molecular flexibility index (Phi) is 3.33. The summed E-state index contributed by atoms with van der Waals surface area (Å²) in [5, 5.41) is 10.3. The highest BCUT2D eigenvalue weighted by atomic mass is 14.9. The van der Waals surface area contributed by atoms with E-state index in [2.05, 4.69) is 41.9 Å². The highest BCUT2D eigenvalue weighted by Gasteiger charge is 2.14. The lowest BCUT2D eigenvalue weighted by molar-refractivity contribution is 0.977. The van der Waals surface area contributed by atoms with Gasteiger partial charge in [-0.05, 0) is 24.6 Å². The molecule has 0 fully saturated rings. The Hall–Kier alpha value is -2.79. The predicted molar refractivity (Wildman–Crippen MR) is 87.6 cm³/mol. The molecular formula is C19H16N2. The maximum atomic E-state index is 9.11.